The predicted molar refractivity (Wildman–Crippen MR) is 59.4 cm³/mol. The van der Waals surface area contributed by atoms with Gasteiger partial charge in [-0.05, 0) is 12.5 Å². The molecule has 0 aliphatic rings. The number of hydrogen-bond donors (Lipinski definition) is 1. The lowest BCUT2D eigenvalue weighted by atomic mass is 10.1. The Balaban J connectivity index is 2.33. The van der Waals surface area contributed by atoms with E-state index in [1.165, 1.54) is 5.56 Å². The largest absolute Gasteiger partial charge is 0.441 e. The standard InChI is InChI=1S/C12H14N2O/c1-9-4-2-3-5-10(9)11-8-14-12(15-11)6-7-13/h2-5,8H,6-7,13H2,1H3. The van der Waals surface area contributed by atoms with Crippen LogP contribution in [0.1, 0.15) is 11.5 Å². The maximum atomic E-state index is 5.60. The first-order valence-electron chi connectivity index (χ1n) is 5.02. The summed E-state index contributed by atoms with van der Waals surface area (Å²) in [6.07, 6.45) is 2.44. The van der Waals surface area contributed by atoms with Gasteiger partial charge in [-0.3, -0.25) is 0 Å². The molecule has 3 nitrogen and oxygen atoms in total. The molecule has 0 aliphatic heterocycles. The lowest BCUT2D eigenvalue weighted by Crippen LogP contribution is -2.02. The minimum absolute atomic E-state index is 0.563. The Hall–Kier alpha value is -1.61. The molecular weight excluding hydrogens is 188 g/mol. The molecule has 0 amide bonds. The Morgan fingerprint density at radius 2 is 2.13 bits per heavy atom. The third-order valence-electron chi connectivity index (χ3n) is 2.32. The van der Waals surface area contributed by atoms with Gasteiger partial charge in [-0.1, -0.05) is 24.3 Å². The highest BCUT2D eigenvalue weighted by molar-refractivity contribution is 5.60. The Morgan fingerprint density at radius 3 is 2.87 bits per heavy atom. The molecule has 2 N–H and O–H groups in total. The number of aromatic nitrogens is 1. The average Bonchev–Trinajstić information content (AvgIpc) is 2.68. The third kappa shape index (κ3) is 2.07. The molecule has 0 spiro atoms. The van der Waals surface area contributed by atoms with Crippen LogP contribution in [0.2, 0.25) is 0 Å². The first-order valence-corrected chi connectivity index (χ1v) is 5.02. The average molecular weight is 202 g/mol. The Labute approximate surface area is 88.9 Å². The van der Waals surface area contributed by atoms with Crippen LogP contribution in [-0.2, 0) is 6.42 Å². The fourth-order valence-corrected chi connectivity index (χ4v) is 1.52. The Morgan fingerprint density at radius 1 is 1.33 bits per heavy atom. The lowest BCUT2D eigenvalue weighted by Gasteiger charge is -2.00. The van der Waals surface area contributed by atoms with E-state index < -0.39 is 0 Å². The number of aryl methyl sites for hydroxylation is 1. The molecule has 0 aliphatic carbocycles. The molecule has 1 aromatic carbocycles. The third-order valence-corrected chi connectivity index (χ3v) is 2.32. The fraction of sp³-hybridized carbons (Fsp3) is 0.250. The van der Waals surface area contributed by atoms with Gasteiger partial charge in [0, 0.05) is 18.5 Å². The Bertz CT molecular complexity index is 448. The van der Waals surface area contributed by atoms with Crippen LogP contribution < -0.4 is 5.73 Å². The number of hydrogen-bond acceptors (Lipinski definition) is 3. The molecule has 3 heteroatoms. The van der Waals surface area contributed by atoms with Gasteiger partial charge >= 0.3 is 0 Å². The summed E-state index contributed by atoms with van der Waals surface area (Å²) in [6, 6.07) is 8.09. The molecule has 2 aromatic rings. The van der Waals surface area contributed by atoms with Crippen LogP contribution in [-0.4, -0.2) is 11.5 Å². The van der Waals surface area contributed by atoms with Gasteiger partial charge in [0.05, 0.1) is 6.20 Å². The summed E-state index contributed by atoms with van der Waals surface area (Å²) < 4.78 is 5.60. The highest BCUT2D eigenvalue weighted by Gasteiger charge is 2.07. The van der Waals surface area contributed by atoms with Crippen LogP contribution in [0.25, 0.3) is 11.3 Å². The van der Waals surface area contributed by atoms with E-state index >= 15 is 0 Å². The van der Waals surface area contributed by atoms with Crippen molar-refractivity contribution in [3.8, 4) is 11.3 Å². The van der Waals surface area contributed by atoms with Crippen LogP contribution in [0.3, 0.4) is 0 Å². The predicted octanol–water partition coefficient (Wildman–Crippen LogP) is 2.15. The molecule has 0 fully saturated rings. The SMILES string of the molecule is Cc1ccccc1-c1cnc(CCN)o1. The van der Waals surface area contributed by atoms with Crippen molar-refractivity contribution in [3.05, 3.63) is 41.9 Å². The molecule has 0 saturated heterocycles. The summed E-state index contributed by atoms with van der Waals surface area (Å²) in [6.45, 7) is 2.62. The maximum Gasteiger partial charge on any atom is 0.196 e. The molecule has 0 radical (unpaired) electrons. The molecular formula is C12H14N2O. The smallest absolute Gasteiger partial charge is 0.196 e. The normalized spacial score (nSPS) is 10.5. The van der Waals surface area contributed by atoms with E-state index in [0.29, 0.717) is 18.9 Å². The van der Waals surface area contributed by atoms with Crippen LogP contribution in [0.15, 0.2) is 34.9 Å². The van der Waals surface area contributed by atoms with Gasteiger partial charge in [0.25, 0.3) is 0 Å². The number of benzene rings is 1. The van der Waals surface area contributed by atoms with Gasteiger partial charge < -0.3 is 10.2 Å². The first-order chi connectivity index (χ1) is 7.31. The molecule has 0 atom stereocenters. The van der Waals surface area contributed by atoms with E-state index in [9.17, 15) is 0 Å². The fourth-order valence-electron chi connectivity index (χ4n) is 1.52. The van der Waals surface area contributed by atoms with Crippen molar-refractivity contribution in [1.29, 1.82) is 0 Å². The number of nitrogens with two attached hydrogens (primary N) is 1. The van der Waals surface area contributed by atoms with Gasteiger partial charge in [-0.15, -0.1) is 0 Å². The second-order valence-electron chi connectivity index (χ2n) is 3.47. The minimum Gasteiger partial charge on any atom is -0.441 e. The summed E-state index contributed by atoms with van der Waals surface area (Å²) in [5.74, 6) is 1.52. The highest BCUT2D eigenvalue weighted by Crippen LogP contribution is 2.23. The molecule has 1 aromatic heterocycles. The highest BCUT2D eigenvalue weighted by atomic mass is 16.4. The van der Waals surface area contributed by atoms with Crippen molar-refractivity contribution < 1.29 is 4.42 Å². The minimum atomic E-state index is 0.563. The summed E-state index contributed by atoms with van der Waals surface area (Å²) in [5, 5.41) is 0. The van der Waals surface area contributed by atoms with Crippen LogP contribution in [0.4, 0.5) is 0 Å². The van der Waals surface area contributed by atoms with Crippen LogP contribution in [0, 0.1) is 6.92 Å². The monoisotopic (exact) mass is 202 g/mol. The molecule has 1 heterocycles. The first kappa shape index (κ1) is 9.93. The summed E-state index contributed by atoms with van der Waals surface area (Å²) in [5.41, 5.74) is 7.72. The molecule has 0 unspecified atom stereocenters. The van der Waals surface area contributed by atoms with Gasteiger partial charge in [-0.25, -0.2) is 4.98 Å². The maximum absolute atomic E-state index is 5.60. The van der Waals surface area contributed by atoms with E-state index in [2.05, 4.69) is 18.0 Å². The Kier molecular flexibility index (Phi) is 2.83. The van der Waals surface area contributed by atoms with Crippen LogP contribution in [0.5, 0.6) is 0 Å². The molecule has 0 saturated carbocycles. The summed E-state index contributed by atoms with van der Waals surface area (Å²) in [7, 11) is 0. The van der Waals surface area contributed by atoms with Crippen molar-refractivity contribution in [2.75, 3.05) is 6.54 Å². The second kappa shape index (κ2) is 4.28. The second-order valence-corrected chi connectivity index (χ2v) is 3.47. The van der Waals surface area contributed by atoms with Gasteiger partial charge in [-0.2, -0.15) is 0 Å². The molecule has 0 bridgehead atoms. The lowest BCUT2D eigenvalue weighted by molar-refractivity contribution is 0.508. The number of oxazole rings is 1. The van der Waals surface area contributed by atoms with Crippen molar-refractivity contribution in [1.82, 2.24) is 4.98 Å². The van der Waals surface area contributed by atoms with Crippen molar-refractivity contribution in [2.45, 2.75) is 13.3 Å². The molecule has 2 rings (SSSR count). The van der Waals surface area contributed by atoms with E-state index in [0.717, 1.165) is 11.3 Å². The van der Waals surface area contributed by atoms with Crippen molar-refractivity contribution in [3.63, 3.8) is 0 Å². The van der Waals surface area contributed by atoms with Gasteiger partial charge in [0.2, 0.25) is 0 Å². The number of rotatable bonds is 3. The van der Waals surface area contributed by atoms with Crippen LogP contribution >= 0.6 is 0 Å². The van der Waals surface area contributed by atoms with E-state index in [1.54, 1.807) is 6.20 Å². The summed E-state index contributed by atoms with van der Waals surface area (Å²) in [4.78, 5) is 4.18. The van der Waals surface area contributed by atoms with E-state index in [1.807, 2.05) is 18.2 Å². The van der Waals surface area contributed by atoms with E-state index in [4.69, 9.17) is 10.2 Å². The van der Waals surface area contributed by atoms with Crippen molar-refractivity contribution in [2.24, 2.45) is 5.73 Å². The summed E-state index contributed by atoms with van der Waals surface area (Å²) >= 11 is 0. The van der Waals surface area contributed by atoms with Crippen molar-refractivity contribution >= 4 is 0 Å². The van der Waals surface area contributed by atoms with Gasteiger partial charge in [0.1, 0.15) is 0 Å². The van der Waals surface area contributed by atoms with Gasteiger partial charge in [0.15, 0.2) is 11.7 Å². The zero-order valence-corrected chi connectivity index (χ0v) is 8.73. The topological polar surface area (TPSA) is 52.0 Å². The quantitative estimate of drug-likeness (QED) is 0.829. The van der Waals surface area contributed by atoms with E-state index in [-0.39, 0.29) is 0 Å². The zero-order valence-electron chi connectivity index (χ0n) is 8.73. The number of nitrogens with zero attached hydrogens (tertiary/aromatic N) is 1. The molecule has 15 heavy (non-hydrogen) atoms. The zero-order chi connectivity index (χ0) is 10.7. The molecule has 78 valence electrons.